The fourth-order valence-electron chi connectivity index (χ4n) is 4.42. The lowest BCUT2D eigenvalue weighted by Crippen LogP contribution is -2.32. The molecule has 0 radical (unpaired) electrons. The molecule has 0 saturated carbocycles. The van der Waals surface area contributed by atoms with Gasteiger partial charge in [-0.25, -0.2) is 9.59 Å². The van der Waals surface area contributed by atoms with Crippen LogP contribution in [0.25, 0.3) is 0 Å². The first-order valence-corrected chi connectivity index (χ1v) is 12.4. The number of hydrogen-bond acceptors (Lipinski definition) is 5. The molecule has 0 aromatic heterocycles. The molecule has 0 rings (SSSR count). The number of carbonyl (C=O) groups is 4. The molecule has 0 bridgehead atoms. The lowest BCUT2D eigenvalue weighted by atomic mass is 9.84. The van der Waals surface area contributed by atoms with E-state index in [4.69, 9.17) is 14.9 Å². The van der Waals surface area contributed by atoms with Crippen LogP contribution in [0.2, 0.25) is 0 Å². The van der Waals surface area contributed by atoms with Crippen molar-refractivity contribution in [3.05, 3.63) is 23.3 Å². The van der Waals surface area contributed by atoms with Crippen LogP contribution in [0.4, 0.5) is 0 Å². The van der Waals surface area contributed by atoms with Gasteiger partial charge >= 0.3 is 23.9 Å². The first-order valence-electron chi connectivity index (χ1n) is 12.4. The van der Waals surface area contributed by atoms with Gasteiger partial charge in [0.05, 0.1) is 12.3 Å². The number of esters is 1. The fraction of sp³-hybridized carbons (Fsp3) is 0.704. The van der Waals surface area contributed by atoms with Crippen molar-refractivity contribution < 1.29 is 39.2 Å². The van der Waals surface area contributed by atoms with Crippen molar-refractivity contribution in [2.24, 2.45) is 29.6 Å². The number of carbonyl (C=O) groups excluding carboxylic acids is 1. The molecule has 0 aromatic carbocycles. The van der Waals surface area contributed by atoms with Crippen LogP contribution in [0.5, 0.6) is 0 Å². The van der Waals surface area contributed by atoms with E-state index in [2.05, 4.69) is 34.6 Å². The first-order chi connectivity index (χ1) is 16.2. The van der Waals surface area contributed by atoms with Crippen LogP contribution in [-0.4, -0.2) is 45.3 Å². The zero-order chi connectivity index (χ0) is 27.3. The highest BCUT2D eigenvalue weighted by Crippen LogP contribution is 2.26. The average molecular weight is 497 g/mol. The van der Waals surface area contributed by atoms with Crippen molar-refractivity contribution in [1.29, 1.82) is 0 Å². The van der Waals surface area contributed by atoms with Crippen molar-refractivity contribution in [1.82, 2.24) is 0 Å². The molecule has 5 unspecified atom stereocenters. The van der Waals surface area contributed by atoms with Crippen molar-refractivity contribution in [3.63, 3.8) is 0 Å². The Morgan fingerprint density at radius 3 is 1.86 bits per heavy atom. The zero-order valence-electron chi connectivity index (χ0n) is 22.2. The molecule has 0 aliphatic carbocycles. The van der Waals surface area contributed by atoms with E-state index < -0.39 is 42.3 Å². The van der Waals surface area contributed by atoms with Crippen molar-refractivity contribution >= 4 is 23.9 Å². The minimum absolute atomic E-state index is 0.00395. The van der Waals surface area contributed by atoms with Crippen molar-refractivity contribution in [2.75, 3.05) is 0 Å². The Labute approximate surface area is 209 Å². The summed E-state index contributed by atoms with van der Waals surface area (Å²) in [6.45, 7) is 14.4. The second kappa shape index (κ2) is 16.1. The van der Waals surface area contributed by atoms with Gasteiger partial charge in [-0.15, -0.1) is 0 Å². The summed E-state index contributed by atoms with van der Waals surface area (Å²) in [6.07, 6.45) is 5.22. The van der Waals surface area contributed by atoms with Crippen LogP contribution >= 0.6 is 0 Å². The van der Waals surface area contributed by atoms with Crippen molar-refractivity contribution in [3.8, 4) is 0 Å². The molecule has 0 spiro atoms. The maximum atomic E-state index is 12.2. The minimum Gasteiger partial charge on any atom is -0.481 e. The molecule has 0 aliphatic rings. The van der Waals surface area contributed by atoms with Crippen LogP contribution in [0, 0.1) is 29.6 Å². The van der Waals surface area contributed by atoms with Crippen LogP contribution in [0.1, 0.15) is 87.0 Å². The summed E-state index contributed by atoms with van der Waals surface area (Å²) in [5, 5.41) is 27.4. The average Bonchev–Trinajstić information content (AvgIpc) is 2.71. The molecule has 0 fully saturated rings. The summed E-state index contributed by atoms with van der Waals surface area (Å²) in [5.41, 5.74) is 0.764. The zero-order valence-corrected chi connectivity index (χ0v) is 22.2. The van der Waals surface area contributed by atoms with Gasteiger partial charge < -0.3 is 20.1 Å². The Morgan fingerprint density at radius 2 is 1.37 bits per heavy atom. The molecule has 0 amide bonds. The van der Waals surface area contributed by atoms with Gasteiger partial charge in [-0.05, 0) is 62.4 Å². The lowest BCUT2D eigenvalue weighted by Gasteiger charge is -2.21. The largest absolute Gasteiger partial charge is 0.481 e. The van der Waals surface area contributed by atoms with Gasteiger partial charge in [0.15, 0.2) is 0 Å². The monoisotopic (exact) mass is 496 g/mol. The number of allylic oxidation sites excluding steroid dienone is 3. The van der Waals surface area contributed by atoms with E-state index in [1.807, 2.05) is 13.0 Å². The Morgan fingerprint density at radius 1 is 0.829 bits per heavy atom. The highest BCUT2D eigenvalue weighted by molar-refractivity contribution is 5.89. The van der Waals surface area contributed by atoms with E-state index in [0.717, 1.165) is 24.3 Å². The molecule has 8 nitrogen and oxygen atoms in total. The number of carboxylic acids is 3. The SMILES string of the molecule is CCC(C)CC(C)CC(C)CC(C)/C=C(C)/C=C(\CC(C)C(=O)O[C@@H](CC(=O)O)C(=O)O)C(=O)O. The van der Waals surface area contributed by atoms with Crippen molar-refractivity contribution in [2.45, 2.75) is 93.1 Å². The van der Waals surface area contributed by atoms with E-state index in [0.29, 0.717) is 11.8 Å². The molecule has 0 aliphatic heterocycles. The van der Waals surface area contributed by atoms with E-state index in [-0.39, 0.29) is 17.9 Å². The minimum atomic E-state index is -1.82. The number of ether oxygens (including phenoxy) is 1. The standard InChI is InChI=1S/C27H44O8/c1-8-16(2)9-17(3)10-18(4)11-19(5)12-20(6)13-22(25(30)31)14-21(7)27(34)35-23(26(32)33)15-24(28)29/h12-13,16-19,21,23H,8-11,14-15H2,1-7H3,(H,28,29)(H,30,31)(H,32,33)/b20-12+,22-13+/t16?,17?,18?,19?,21?,23-/m0/s1. The van der Waals surface area contributed by atoms with E-state index >= 15 is 0 Å². The Bertz CT molecular complexity index is 782. The summed E-state index contributed by atoms with van der Waals surface area (Å²) in [6, 6.07) is 0. The number of rotatable bonds is 17. The quantitative estimate of drug-likeness (QED) is 0.135. The van der Waals surface area contributed by atoms with E-state index in [9.17, 15) is 24.3 Å². The van der Waals surface area contributed by atoms with Crippen LogP contribution < -0.4 is 0 Å². The van der Waals surface area contributed by atoms with Crippen LogP contribution in [0.15, 0.2) is 23.3 Å². The second-order valence-corrected chi connectivity index (χ2v) is 10.3. The maximum absolute atomic E-state index is 12.2. The lowest BCUT2D eigenvalue weighted by molar-refractivity contribution is -0.169. The van der Waals surface area contributed by atoms with Gasteiger partial charge in [-0.1, -0.05) is 59.6 Å². The molecule has 200 valence electrons. The highest BCUT2D eigenvalue weighted by Gasteiger charge is 2.28. The predicted octanol–water partition coefficient (Wildman–Crippen LogP) is 5.57. The number of carboxylic acid groups (broad SMARTS) is 3. The maximum Gasteiger partial charge on any atom is 0.345 e. The molecule has 6 atom stereocenters. The van der Waals surface area contributed by atoms with Gasteiger partial charge in [0.1, 0.15) is 0 Å². The second-order valence-electron chi connectivity index (χ2n) is 10.3. The molecular weight excluding hydrogens is 452 g/mol. The summed E-state index contributed by atoms with van der Waals surface area (Å²) < 4.78 is 4.79. The molecule has 8 heteroatoms. The molecule has 0 aromatic rings. The Kier molecular flexibility index (Phi) is 14.9. The smallest absolute Gasteiger partial charge is 0.345 e. The number of hydrogen-bond donors (Lipinski definition) is 3. The highest BCUT2D eigenvalue weighted by atomic mass is 16.6. The molecule has 35 heavy (non-hydrogen) atoms. The summed E-state index contributed by atoms with van der Waals surface area (Å²) in [7, 11) is 0. The van der Waals surface area contributed by atoms with Gasteiger partial charge in [-0.2, -0.15) is 0 Å². The van der Waals surface area contributed by atoms with Gasteiger partial charge in [-0.3, -0.25) is 9.59 Å². The summed E-state index contributed by atoms with van der Waals surface area (Å²) in [4.78, 5) is 45.9. The van der Waals surface area contributed by atoms with E-state index in [1.165, 1.54) is 25.8 Å². The van der Waals surface area contributed by atoms with Gasteiger partial charge in [0.2, 0.25) is 6.10 Å². The first kappa shape index (κ1) is 32.4. The normalized spacial score (nSPS) is 17.6. The predicted molar refractivity (Wildman–Crippen MR) is 134 cm³/mol. The topological polar surface area (TPSA) is 138 Å². The fourth-order valence-corrected chi connectivity index (χ4v) is 4.42. The molecular formula is C27H44O8. The van der Waals surface area contributed by atoms with Gasteiger partial charge in [0.25, 0.3) is 0 Å². The van der Waals surface area contributed by atoms with Gasteiger partial charge in [0, 0.05) is 5.57 Å². The van der Waals surface area contributed by atoms with E-state index in [1.54, 1.807) is 0 Å². The Hall–Kier alpha value is -2.64. The number of aliphatic carboxylic acids is 3. The van der Waals surface area contributed by atoms with Crippen LogP contribution in [-0.2, 0) is 23.9 Å². The molecule has 0 saturated heterocycles. The Balaban J connectivity index is 5.13. The molecule has 0 heterocycles. The summed E-state index contributed by atoms with van der Waals surface area (Å²) >= 11 is 0. The third-order valence-corrected chi connectivity index (χ3v) is 6.13. The third kappa shape index (κ3) is 14.4. The van der Waals surface area contributed by atoms with Crippen LogP contribution in [0.3, 0.4) is 0 Å². The summed E-state index contributed by atoms with van der Waals surface area (Å²) in [5.74, 6) is -3.91. The molecule has 3 N–H and O–H groups in total. The third-order valence-electron chi connectivity index (χ3n) is 6.13.